The van der Waals surface area contributed by atoms with Gasteiger partial charge in [-0.15, -0.1) is 6.58 Å². The van der Waals surface area contributed by atoms with Gasteiger partial charge < -0.3 is 9.30 Å². The molecule has 1 aromatic heterocycles. The maximum absolute atomic E-state index is 13.0. The van der Waals surface area contributed by atoms with Crippen molar-refractivity contribution in [1.82, 2.24) is 14.8 Å². The normalized spacial score (nSPS) is 15.6. The Balaban J connectivity index is 1.88. The summed E-state index contributed by atoms with van der Waals surface area (Å²) < 4.78 is 8.05. The molecule has 0 aliphatic carbocycles. The highest BCUT2D eigenvalue weighted by molar-refractivity contribution is 7.80. The summed E-state index contributed by atoms with van der Waals surface area (Å²) in [6.07, 6.45) is 3.12. The standard InChI is InChI=1S/C23H19N3O3S/c1-3-13-26-21(28)18(20(27)24-23(26)30)14-17-16-11-7-8-12-19(16)25(2)22(17)29-15-9-5-4-6-10-15/h3-12,14H,1,13H2,2H3,(H,24,27,30)/b18-14-. The number of para-hydroxylation sites is 2. The van der Waals surface area contributed by atoms with Crippen LogP contribution in [0, 0.1) is 0 Å². The Morgan fingerprint density at radius 2 is 1.80 bits per heavy atom. The zero-order valence-electron chi connectivity index (χ0n) is 16.3. The number of nitrogens with one attached hydrogen (secondary N) is 1. The minimum absolute atomic E-state index is 0.0142. The molecular formula is C23H19N3O3S. The van der Waals surface area contributed by atoms with Crippen molar-refractivity contribution in [3.8, 4) is 11.6 Å². The van der Waals surface area contributed by atoms with Crippen LogP contribution >= 0.6 is 12.2 Å². The molecule has 0 saturated carbocycles. The zero-order valence-corrected chi connectivity index (χ0v) is 17.1. The molecule has 1 saturated heterocycles. The summed E-state index contributed by atoms with van der Waals surface area (Å²) in [5.74, 6) is 0.169. The van der Waals surface area contributed by atoms with Gasteiger partial charge in [0.2, 0.25) is 5.88 Å². The van der Waals surface area contributed by atoms with Crippen LogP contribution in [0.1, 0.15) is 5.56 Å². The number of benzene rings is 2. The molecule has 3 aromatic rings. The van der Waals surface area contributed by atoms with Gasteiger partial charge in [-0.1, -0.05) is 42.5 Å². The second-order valence-corrected chi connectivity index (χ2v) is 7.12. The lowest BCUT2D eigenvalue weighted by Gasteiger charge is -2.27. The van der Waals surface area contributed by atoms with Crippen molar-refractivity contribution in [2.75, 3.05) is 6.54 Å². The number of rotatable bonds is 5. The maximum Gasteiger partial charge on any atom is 0.265 e. The van der Waals surface area contributed by atoms with E-state index in [4.69, 9.17) is 17.0 Å². The number of nitrogens with zero attached hydrogens (tertiary/aromatic N) is 2. The predicted octanol–water partition coefficient (Wildman–Crippen LogP) is 3.78. The van der Waals surface area contributed by atoms with Gasteiger partial charge in [0.1, 0.15) is 11.3 Å². The van der Waals surface area contributed by atoms with Gasteiger partial charge in [-0.3, -0.25) is 19.8 Å². The van der Waals surface area contributed by atoms with Gasteiger partial charge in [0.05, 0.1) is 5.52 Å². The lowest BCUT2D eigenvalue weighted by molar-refractivity contribution is -0.128. The highest BCUT2D eigenvalue weighted by Crippen LogP contribution is 2.36. The van der Waals surface area contributed by atoms with Crippen molar-refractivity contribution in [1.29, 1.82) is 0 Å². The summed E-state index contributed by atoms with van der Waals surface area (Å²) >= 11 is 5.13. The van der Waals surface area contributed by atoms with Gasteiger partial charge >= 0.3 is 0 Å². The van der Waals surface area contributed by atoms with Crippen molar-refractivity contribution in [3.05, 3.63) is 78.4 Å². The van der Waals surface area contributed by atoms with Crippen molar-refractivity contribution < 1.29 is 14.3 Å². The average molecular weight is 417 g/mol. The zero-order chi connectivity index (χ0) is 21.3. The SMILES string of the molecule is C=CCN1C(=O)/C(=C\c2c(Oc3ccccc3)n(C)c3ccccc23)C(=O)NC1=S. The molecule has 1 fully saturated rings. The maximum atomic E-state index is 13.0. The molecule has 6 nitrogen and oxygen atoms in total. The van der Waals surface area contributed by atoms with Crippen LogP contribution in [0.4, 0.5) is 0 Å². The third-order valence-corrected chi connectivity index (χ3v) is 5.16. The highest BCUT2D eigenvalue weighted by atomic mass is 32.1. The van der Waals surface area contributed by atoms with Gasteiger partial charge in [-0.25, -0.2) is 0 Å². The monoisotopic (exact) mass is 417 g/mol. The van der Waals surface area contributed by atoms with E-state index in [-0.39, 0.29) is 17.2 Å². The molecule has 150 valence electrons. The molecule has 30 heavy (non-hydrogen) atoms. The van der Waals surface area contributed by atoms with Crippen molar-refractivity contribution >= 4 is 46.1 Å². The Hall–Kier alpha value is -3.71. The third kappa shape index (κ3) is 3.40. The van der Waals surface area contributed by atoms with Gasteiger partial charge in [0.15, 0.2) is 5.11 Å². The second kappa shape index (κ2) is 7.96. The third-order valence-electron chi connectivity index (χ3n) is 4.83. The molecular weight excluding hydrogens is 398 g/mol. The number of amides is 2. The fourth-order valence-electron chi connectivity index (χ4n) is 3.40. The first-order chi connectivity index (χ1) is 14.5. The van der Waals surface area contributed by atoms with Gasteiger partial charge in [-0.2, -0.15) is 0 Å². The molecule has 2 heterocycles. The molecule has 0 bridgehead atoms. The number of aryl methyl sites for hydroxylation is 1. The van der Waals surface area contributed by atoms with Crippen molar-refractivity contribution in [2.24, 2.45) is 7.05 Å². The van der Waals surface area contributed by atoms with Crippen LogP contribution in [0.15, 0.2) is 72.8 Å². The lowest BCUT2D eigenvalue weighted by Crippen LogP contribution is -2.53. The van der Waals surface area contributed by atoms with Crippen LogP contribution in [-0.2, 0) is 16.6 Å². The minimum Gasteiger partial charge on any atom is -0.440 e. The van der Waals surface area contributed by atoms with E-state index in [1.54, 1.807) is 12.2 Å². The Bertz CT molecular complexity index is 1210. The lowest BCUT2D eigenvalue weighted by atomic mass is 10.1. The van der Waals surface area contributed by atoms with Crippen LogP contribution in [0.2, 0.25) is 0 Å². The van der Waals surface area contributed by atoms with Crippen LogP contribution in [0.5, 0.6) is 11.6 Å². The van der Waals surface area contributed by atoms with E-state index in [2.05, 4.69) is 11.9 Å². The first-order valence-corrected chi connectivity index (χ1v) is 9.72. The van der Waals surface area contributed by atoms with Crippen LogP contribution in [0.25, 0.3) is 17.0 Å². The fraction of sp³-hybridized carbons (Fsp3) is 0.0870. The largest absolute Gasteiger partial charge is 0.440 e. The molecule has 2 amide bonds. The number of aromatic nitrogens is 1. The van der Waals surface area contributed by atoms with Crippen molar-refractivity contribution in [3.63, 3.8) is 0 Å². The quantitative estimate of drug-likeness (QED) is 0.297. The Morgan fingerprint density at radius 1 is 1.10 bits per heavy atom. The van der Waals surface area contributed by atoms with Crippen LogP contribution in [-0.4, -0.2) is 32.9 Å². The second-order valence-electron chi connectivity index (χ2n) is 6.73. The number of thiocarbonyl (C=S) groups is 1. The van der Waals surface area contributed by atoms with Gasteiger partial charge in [0.25, 0.3) is 11.8 Å². The molecule has 2 aromatic carbocycles. The van der Waals surface area contributed by atoms with Crippen molar-refractivity contribution in [2.45, 2.75) is 0 Å². The average Bonchev–Trinajstić information content (AvgIpc) is 3.01. The molecule has 0 atom stereocenters. The van der Waals surface area contributed by atoms with Crippen LogP contribution < -0.4 is 10.1 Å². The smallest absolute Gasteiger partial charge is 0.265 e. The number of hydrogen-bond donors (Lipinski definition) is 1. The molecule has 0 radical (unpaired) electrons. The molecule has 4 rings (SSSR count). The van der Waals surface area contributed by atoms with Crippen LogP contribution in [0.3, 0.4) is 0 Å². The summed E-state index contributed by atoms with van der Waals surface area (Å²) in [6.45, 7) is 3.85. The molecule has 7 heteroatoms. The van der Waals surface area contributed by atoms with E-state index in [0.717, 1.165) is 10.9 Å². The summed E-state index contributed by atoms with van der Waals surface area (Å²) in [7, 11) is 1.88. The first-order valence-electron chi connectivity index (χ1n) is 9.31. The molecule has 0 spiro atoms. The number of fused-ring (bicyclic) bond motifs is 1. The van der Waals surface area contributed by atoms with E-state index < -0.39 is 11.8 Å². The van der Waals surface area contributed by atoms with E-state index in [0.29, 0.717) is 17.2 Å². The highest BCUT2D eigenvalue weighted by Gasteiger charge is 2.33. The Morgan fingerprint density at radius 3 is 2.53 bits per heavy atom. The summed E-state index contributed by atoms with van der Waals surface area (Å²) in [4.78, 5) is 26.9. The summed E-state index contributed by atoms with van der Waals surface area (Å²) in [6, 6.07) is 17.1. The number of hydrogen-bond acceptors (Lipinski definition) is 4. The van der Waals surface area contributed by atoms with E-state index in [9.17, 15) is 9.59 Å². The molecule has 1 aliphatic heterocycles. The Labute approximate surface area is 179 Å². The predicted molar refractivity (Wildman–Crippen MR) is 120 cm³/mol. The fourth-order valence-corrected chi connectivity index (χ4v) is 3.65. The number of ether oxygens (including phenoxy) is 1. The topological polar surface area (TPSA) is 63.6 Å². The number of carbonyl (C=O) groups excluding carboxylic acids is 2. The summed E-state index contributed by atoms with van der Waals surface area (Å²) in [5.41, 5.74) is 1.54. The molecule has 1 N–H and O–H groups in total. The van der Waals surface area contributed by atoms with Gasteiger partial charge in [-0.05, 0) is 36.5 Å². The number of carbonyl (C=O) groups is 2. The minimum atomic E-state index is -0.538. The van der Waals surface area contributed by atoms with E-state index in [1.807, 2.05) is 66.2 Å². The molecule has 1 aliphatic rings. The van der Waals surface area contributed by atoms with E-state index >= 15 is 0 Å². The summed E-state index contributed by atoms with van der Waals surface area (Å²) in [5, 5.41) is 3.51. The first kappa shape index (κ1) is 19.6. The Kier molecular flexibility index (Phi) is 5.20. The molecule has 0 unspecified atom stereocenters. The van der Waals surface area contributed by atoms with E-state index in [1.165, 1.54) is 4.90 Å². The van der Waals surface area contributed by atoms with Gasteiger partial charge in [0, 0.05) is 24.5 Å².